The summed E-state index contributed by atoms with van der Waals surface area (Å²) in [5, 5.41) is 0. The van der Waals surface area contributed by atoms with Crippen LogP contribution in [0.3, 0.4) is 0 Å². The summed E-state index contributed by atoms with van der Waals surface area (Å²) in [4.78, 5) is 13.4. The summed E-state index contributed by atoms with van der Waals surface area (Å²) in [6, 6.07) is 0. The summed E-state index contributed by atoms with van der Waals surface area (Å²) in [7, 11) is 1.59. The quantitative estimate of drug-likeness (QED) is 0.662. The Hall–Kier alpha value is -0.650. The topological polar surface area (TPSA) is 48.0 Å². The van der Waals surface area contributed by atoms with Gasteiger partial charge < -0.3 is 19.1 Å². The highest BCUT2D eigenvalue weighted by molar-refractivity contribution is 5.76. The molecule has 1 aliphatic rings. The van der Waals surface area contributed by atoms with Crippen LogP contribution in [0, 0.1) is 0 Å². The molecule has 1 heterocycles. The number of amides is 1. The van der Waals surface area contributed by atoms with Gasteiger partial charge in [-0.2, -0.15) is 0 Å². The average Bonchev–Trinajstić information content (AvgIpc) is 2.27. The van der Waals surface area contributed by atoms with Crippen molar-refractivity contribution in [3.63, 3.8) is 0 Å². The number of carbonyl (C=O) groups excluding carboxylic acids is 1. The molecule has 1 saturated heterocycles. The average molecular weight is 217 g/mol. The van der Waals surface area contributed by atoms with Crippen molar-refractivity contribution in [1.82, 2.24) is 4.90 Å². The summed E-state index contributed by atoms with van der Waals surface area (Å²) >= 11 is 0. The van der Waals surface area contributed by atoms with Crippen LogP contribution in [0.2, 0.25) is 0 Å². The number of hydrogen-bond donors (Lipinski definition) is 0. The lowest BCUT2D eigenvalue weighted by Gasteiger charge is -2.32. The third-order valence-electron chi connectivity index (χ3n) is 2.26. The molecule has 5 nitrogen and oxygen atoms in total. The van der Waals surface area contributed by atoms with Crippen molar-refractivity contribution < 1.29 is 19.0 Å². The normalized spacial score (nSPS) is 21.7. The van der Waals surface area contributed by atoms with Gasteiger partial charge in [0.25, 0.3) is 0 Å². The summed E-state index contributed by atoms with van der Waals surface area (Å²) in [5.74, 6) is 0.102. The molecular weight excluding hydrogens is 198 g/mol. The Balaban J connectivity index is 2.31. The van der Waals surface area contributed by atoms with Crippen LogP contribution in [-0.2, 0) is 19.0 Å². The van der Waals surface area contributed by atoms with Crippen molar-refractivity contribution >= 4 is 5.91 Å². The smallest absolute Gasteiger partial charge is 0.225 e. The maximum Gasteiger partial charge on any atom is 0.225 e. The predicted molar refractivity (Wildman–Crippen MR) is 54.4 cm³/mol. The molecule has 0 radical (unpaired) electrons. The summed E-state index contributed by atoms with van der Waals surface area (Å²) in [6.07, 6.45) is 0.158. The molecule has 1 amide bonds. The zero-order valence-electron chi connectivity index (χ0n) is 9.40. The second-order valence-electron chi connectivity index (χ2n) is 3.34. The third kappa shape index (κ3) is 4.15. The minimum absolute atomic E-state index is 0.102. The first-order valence-electron chi connectivity index (χ1n) is 5.27. The number of methoxy groups -OCH3 is 1. The summed E-state index contributed by atoms with van der Waals surface area (Å²) in [6.45, 7) is 4.70. The lowest BCUT2D eigenvalue weighted by molar-refractivity contribution is -0.183. The Labute approximate surface area is 90.3 Å². The maximum atomic E-state index is 11.6. The molecule has 5 heteroatoms. The molecule has 0 aromatic carbocycles. The highest BCUT2D eigenvalue weighted by Crippen LogP contribution is 2.07. The van der Waals surface area contributed by atoms with Crippen LogP contribution in [-0.4, -0.2) is 57.1 Å². The van der Waals surface area contributed by atoms with E-state index in [0.29, 0.717) is 39.3 Å². The number of ether oxygens (including phenoxy) is 3. The van der Waals surface area contributed by atoms with Crippen LogP contribution < -0.4 is 0 Å². The van der Waals surface area contributed by atoms with E-state index in [-0.39, 0.29) is 12.2 Å². The van der Waals surface area contributed by atoms with Crippen LogP contribution in [0.15, 0.2) is 0 Å². The van der Waals surface area contributed by atoms with Crippen LogP contribution >= 0.6 is 0 Å². The van der Waals surface area contributed by atoms with Crippen LogP contribution in [0.25, 0.3) is 0 Å². The number of rotatable bonds is 5. The lowest BCUT2D eigenvalue weighted by atomic mass is 10.3. The Morgan fingerprint density at radius 2 is 2.40 bits per heavy atom. The predicted octanol–water partition coefficient (Wildman–Crippen LogP) is 0.244. The molecule has 0 spiro atoms. The van der Waals surface area contributed by atoms with Crippen LogP contribution in [0.4, 0.5) is 0 Å². The summed E-state index contributed by atoms with van der Waals surface area (Å²) in [5.41, 5.74) is 0. The van der Waals surface area contributed by atoms with Gasteiger partial charge in [-0.05, 0) is 6.92 Å². The first-order valence-corrected chi connectivity index (χ1v) is 5.27. The Morgan fingerprint density at radius 3 is 3.07 bits per heavy atom. The van der Waals surface area contributed by atoms with Crippen LogP contribution in [0.5, 0.6) is 0 Å². The van der Waals surface area contributed by atoms with Crippen molar-refractivity contribution in [3.8, 4) is 0 Å². The highest BCUT2D eigenvalue weighted by atomic mass is 16.7. The lowest BCUT2D eigenvalue weighted by Crippen LogP contribution is -2.46. The molecule has 0 aliphatic carbocycles. The van der Waals surface area contributed by atoms with Gasteiger partial charge in [-0.15, -0.1) is 0 Å². The molecule has 0 bridgehead atoms. The number of hydrogen-bond acceptors (Lipinski definition) is 4. The van der Waals surface area contributed by atoms with Gasteiger partial charge in [-0.25, -0.2) is 0 Å². The van der Waals surface area contributed by atoms with Gasteiger partial charge in [-0.3, -0.25) is 4.79 Å². The SMILES string of the molecule is CCO[C@H]1CN(C(=O)CCOC)CCO1. The van der Waals surface area contributed by atoms with Gasteiger partial charge in [0.05, 0.1) is 26.2 Å². The van der Waals surface area contributed by atoms with Gasteiger partial charge in [0.15, 0.2) is 6.29 Å². The molecule has 0 N–H and O–H groups in total. The molecule has 88 valence electrons. The van der Waals surface area contributed by atoms with Gasteiger partial charge in [0.1, 0.15) is 0 Å². The first-order chi connectivity index (χ1) is 7.27. The fraction of sp³-hybridized carbons (Fsp3) is 0.900. The van der Waals surface area contributed by atoms with Crippen molar-refractivity contribution in [3.05, 3.63) is 0 Å². The Kier molecular flexibility index (Phi) is 5.60. The summed E-state index contributed by atoms with van der Waals surface area (Å²) < 4.78 is 15.5. The fourth-order valence-corrected chi connectivity index (χ4v) is 1.48. The monoisotopic (exact) mass is 217 g/mol. The molecular formula is C10H19NO4. The third-order valence-corrected chi connectivity index (χ3v) is 2.26. The van der Waals surface area contributed by atoms with Crippen LogP contribution in [0.1, 0.15) is 13.3 Å². The zero-order valence-corrected chi connectivity index (χ0v) is 9.40. The molecule has 1 atom stereocenters. The number of nitrogens with zero attached hydrogens (tertiary/aromatic N) is 1. The van der Waals surface area contributed by atoms with Gasteiger partial charge in [0, 0.05) is 20.3 Å². The second-order valence-corrected chi connectivity index (χ2v) is 3.34. The fourth-order valence-electron chi connectivity index (χ4n) is 1.48. The van der Waals surface area contributed by atoms with E-state index in [0.717, 1.165) is 0 Å². The molecule has 0 saturated carbocycles. The van der Waals surface area contributed by atoms with Crippen molar-refractivity contribution in [2.75, 3.05) is 40.0 Å². The van der Waals surface area contributed by atoms with E-state index in [1.165, 1.54) is 0 Å². The molecule has 1 aliphatic heterocycles. The standard InChI is InChI=1S/C10H19NO4/c1-3-14-10-8-11(5-7-15-10)9(12)4-6-13-2/h10H,3-8H2,1-2H3/t10-/m1/s1. The molecule has 0 aromatic rings. The minimum atomic E-state index is -0.268. The Morgan fingerprint density at radius 1 is 1.60 bits per heavy atom. The van der Waals surface area contributed by atoms with E-state index >= 15 is 0 Å². The zero-order chi connectivity index (χ0) is 11.1. The van der Waals surface area contributed by atoms with Gasteiger partial charge >= 0.3 is 0 Å². The molecule has 15 heavy (non-hydrogen) atoms. The first kappa shape index (κ1) is 12.4. The van der Waals surface area contributed by atoms with E-state index in [4.69, 9.17) is 14.2 Å². The largest absolute Gasteiger partial charge is 0.384 e. The minimum Gasteiger partial charge on any atom is -0.384 e. The van der Waals surface area contributed by atoms with Gasteiger partial charge in [-0.1, -0.05) is 0 Å². The highest BCUT2D eigenvalue weighted by Gasteiger charge is 2.23. The number of morpholine rings is 1. The molecule has 1 fully saturated rings. The van der Waals surface area contributed by atoms with E-state index in [1.807, 2.05) is 6.92 Å². The maximum absolute atomic E-state index is 11.6. The number of carbonyl (C=O) groups is 1. The Bertz CT molecular complexity index is 196. The van der Waals surface area contributed by atoms with E-state index in [2.05, 4.69) is 0 Å². The van der Waals surface area contributed by atoms with E-state index in [9.17, 15) is 4.79 Å². The van der Waals surface area contributed by atoms with E-state index in [1.54, 1.807) is 12.0 Å². The van der Waals surface area contributed by atoms with Gasteiger partial charge in [0.2, 0.25) is 5.91 Å². The molecule has 0 unspecified atom stereocenters. The molecule has 1 rings (SSSR count). The van der Waals surface area contributed by atoms with E-state index < -0.39 is 0 Å². The van der Waals surface area contributed by atoms with Crippen molar-refractivity contribution in [2.24, 2.45) is 0 Å². The van der Waals surface area contributed by atoms with Crippen molar-refractivity contribution in [2.45, 2.75) is 19.6 Å². The van der Waals surface area contributed by atoms with Crippen molar-refractivity contribution in [1.29, 1.82) is 0 Å². The second kappa shape index (κ2) is 6.76. The molecule has 0 aromatic heterocycles.